The molecule has 3 aliphatic rings. The minimum Gasteiger partial charge on any atom is -0.432 e. The zero-order valence-electron chi connectivity index (χ0n) is 27.4. The second-order valence-corrected chi connectivity index (χ2v) is 18.8. The maximum absolute atomic E-state index is 16.4. The smallest absolute Gasteiger partial charge is 0.432 e. The summed E-state index contributed by atoms with van der Waals surface area (Å²) in [6.07, 6.45) is -10.6. The average molecular weight is 824 g/mol. The lowest BCUT2D eigenvalue weighted by Gasteiger charge is -2.28. The van der Waals surface area contributed by atoms with Crippen LogP contribution in [0.3, 0.4) is 0 Å². The Morgan fingerprint density at radius 3 is 2.55 bits per heavy atom. The number of nitrogen functional groups attached to an aromatic ring is 2. The number of nitrogens with zero attached hydrogens (tertiary/aromatic N) is 6. The first-order valence-corrected chi connectivity index (χ1v) is 21.3. The van der Waals surface area contributed by atoms with Gasteiger partial charge in [-0.05, 0) is 31.7 Å². The minimum absolute atomic E-state index is 0.0935. The third kappa shape index (κ3) is 7.66. The van der Waals surface area contributed by atoms with Crippen LogP contribution in [0.4, 0.5) is 20.8 Å². The number of fused-ring (bicyclic) bond motifs is 5. The van der Waals surface area contributed by atoms with Crippen LogP contribution in [0.15, 0.2) is 29.7 Å². The average Bonchev–Trinajstić information content (AvgIpc) is 3.84. The summed E-state index contributed by atoms with van der Waals surface area (Å²) in [6, 6.07) is 1.51. The predicted octanol–water partition coefficient (Wildman–Crippen LogP) is 1.62. The van der Waals surface area contributed by atoms with Crippen molar-refractivity contribution >= 4 is 76.8 Å². The molecule has 27 heteroatoms. The summed E-state index contributed by atoms with van der Waals surface area (Å²) in [5.74, 6) is -0.912. The Bertz CT molecular complexity index is 2180. The van der Waals surface area contributed by atoms with Crippen molar-refractivity contribution in [1.82, 2.24) is 34.1 Å². The first kappa shape index (κ1) is 38.0. The Labute approximate surface area is 306 Å². The maximum atomic E-state index is 16.4. The van der Waals surface area contributed by atoms with Gasteiger partial charge < -0.3 is 44.9 Å². The molecule has 4 aromatic rings. The topological polar surface area (TPSA) is 295 Å². The molecule has 0 aliphatic carbocycles. The lowest BCUT2D eigenvalue weighted by molar-refractivity contribution is -0.0585. The summed E-state index contributed by atoms with van der Waals surface area (Å²) in [5, 5.41) is 11.5. The molecule has 0 spiro atoms. The number of anilines is 2. The Morgan fingerprint density at radius 2 is 1.79 bits per heavy atom. The number of nitrogens with two attached hydrogens (primary N) is 2. The summed E-state index contributed by atoms with van der Waals surface area (Å²) < 4.78 is 78.4. The molecular weight excluding hydrogens is 791 g/mol. The van der Waals surface area contributed by atoms with Crippen LogP contribution in [0.25, 0.3) is 22.3 Å². The van der Waals surface area contributed by atoms with E-state index in [1.807, 2.05) is 0 Å². The van der Waals surface area contributed by atoms with E-state index in [9.17, 15) is 24.2 Å². The molecule has 3 aliphatic heterocycles. The zero-order valence-corrected chi connectivity index (χ0v) is 30.9. The number of rotatable bonds is 6. The van der Waals surface area contributed by atoms with E-state index in [2.05, 4.69) is 24.9 Å². The van der Waals surface area contributed by atoms with Crippen LogP contribution in [-0.4, -0.2) is 112 Å². The SMILES string of the molecule is CC(C)OC(=O)OCSP1(=O)OC[C@H]2O[C@@H](n3cnc4c(N)ccnc43)C(F)[C@H]2OP(O)(=S)OC[C@H]2O[C@@H](n3cnc4c(=O)[nH]c(N)nc43)C(O1)[C@H]2O. The third-order valence-electron chi connectivity index (χ3n) is 8.09. The van der Waals surface area contributed by atoms with Gasteiger partial charge in [-0.2, -0.15) is 4.98 Å². The molecule has 4 unspecified atom stereocenters. The van der Waals surface area contributed by atoms with Crippen molar-refractivity contribution in [2.24, 2.45) is 0 Å². The van der Waals surface area contributed by atoms with Crippen molar-refractivity contribution in [3.05, 3.63) is 35.3 Å². The number of ether oxygens (including phenoxy) is 4. The highest BCUT2D eigenvalue weighted by Crippen LogP contribution is 2.64. The van der Waals surface area contributed by atoms with Gasteiger partial charge in [-0.3, -0.25) is 32.5 Å². The predicted molar refractivity (Wildman–Crippen MR) is 184 cm³/mol. The highest BCUT2D eigenvalue weighted by Gasteiger charge is 2.54. The van der Waals surface area contributed by atoms with Crippen molar-refractivity contribution in [2.45, 2.75) is 69.1 Å². The van der Waals surface area contributed by atoms with Crippen LogP contribution in [0.2, 0.25) is 0 Å². The highest BCUT2D eigenvalue weighted by atomic mass is 32.7. The zero-order chi connectivity index (χ0) is 37.8. The fraction of sp³-hybridized carbons (Fsp3) is 0.538. The third-order valence-corrected chi connectivity index (χ3v) is 13.0. The Morgan fingerprint density at radius 1 is 1.09 bits per heavy atom. The van der Waals surface area contributed by atoms with E-state index in [1.54, 1.807) is 13.8 Å². The summed E-state index contributed by atoms with van der Waals surface area (Å²) in [4.78, 5) is 54.7. The van der Waals surface area contributed by atoms with E-state index in [1.165, 1.54) is 27.7 Å². The Balaban J connectivity index is 1.23. The lowest BCUT2D eigenvalue weighted by atomic mass is 10.1. The number of aromatic nitrogens is 7. The van der Waals surface area contributed by atoms with Crippen LogP contribution >= 0.6 is 24.9 Å². The lowest BCUT2D eigenvalue weighted by Crippen LogP contribution is -2.35. The molecule has 7 heterocycles. The van der Waals surface area contributed by atoms with Gasteiger partial charge in [-0.1, -0.05) is 0 Å². The van der Waals surface area contributed by atoms with Gasteiger partial charge in [0.2, 0.25) is 5.95 Å². The number of carbonyl (C=O) groups excluding carboxylic acids is 1. The van der Waals surface area contributed by atoms with Crippen molar-refractivity contribution in [1.29, 1.82) is 0 Å². The molecule has 2 bridgehead atoms. The van der Waals surface area contributed by atoms with Crippen LogP contribution in [-0.2, 0) is 53.4 Å². The molecule has 0 amide bonds. The van der Waals surface area contributed by atoms with Gasteiger partial charge in [-0.15, -0.1) is 0 Å². The quantitative estimate of drug-likeness (QED) is 0.105. The summed E-state index contributed by atoms with van der Waals surface area (Å²) in [6.45, 7) is -7.19. The number of imidazole rings is 2. The van der Waals surface area contributed by atoms with E-state index in [-0.39, 0.29) is 34.0 Å². The number of carbonyl (C=O) groups is 1. The van der Waals surface area contributed by atoms with Crippen molar-refractivity contribution in [3.63, 3.8) is 0 Å². The van der Waals surface area contributed by atoms with Crippen molar-refractivity contribution < 1.29 is 60.8 Å². The fourth-order valence-electron chi connectivity index (χ4n) is 5.77. The molecule has 7 rings (SSSR count). The number of hydrogen-bond acceptors (Lipinski definition) is 20. The normalized spacial score (nSPS) is 33.7. The second-order valence-electron chi connectivity index (χ2n) is 12.0. The number of aromatic amines is 1. The maximum Gasteiger partial charge on any atom is 0.509 e. The molecule has 3 fully saturated rings. The van der Waals surface area contributed by atoms with Gasteiger partial charge in [-0.25, -0.2) is 28.7 Å². The number of pyridine rings is 1. The molecule has 53 heavy (non-hydrogen) atoms. The Hall–Kier alpha value is -3.32. The number of halogens is 1. The van der Waals surface area contributed by atoms with Gasteiger partial charge >= 0.3 is 19.7 Å². The van der Waals surface area contributed by atoms with Gasteiger partial charge in [0.25, 0.3) is 5.56 Å². The second kappa shape index (κ2) is 14.7. The van der Waals surface area contributed by atoms with Gasteiger partial charge in [0, 0.05) is 17.6 Å². The molecular formula is C26H32FN9O13P2S2. The van der Waals surface area contributed by atoms with Gasteiger partial charge in [0.05, 0.1) is 37.7 Å². The molecule has 22 nitrogen and oxygen atoms in total. The standard InChI is InChI=1S/C26H32FN9O13P2S2/c1-10(2)45-26(39)42-9-53-51(41)44-6-13-18(14(27)23(47-13)35-7-31-15-11(28)3-4-30-20(15)35)48-50(40,52)43-5-12-17(37)19(49-51)24(46-12)36-8-32-16-21(36)33-25(29)34-22(16)38/h3-4,7-8,10,12-14,17-19,23-24,37H,5-6,9H2,1-2H3,(H2,28,30)(H,40,52)(H3,29,33,34,38)/t12-,13-,14?,17+,18+,19?,23-,24-,50?,51?/m1/s1. The number of H-pyrrole nitrogens is 1. The van der Waals surface area contributed by atoms with Crippen LogP contribution in [0.5, 0.6) is 0 Å². The van der Waals surface area contributed by atoms with E-state index in [0.29, 0.717) is 11.4 Å². The number of aliphatic hydroxyl groups is 1. The fourth-order valence-corrected chi connectivity index (χ4v) is 9.97. The van der Waals surface area contributed by atoms with E-state index in [0.717, 1.165) is 6.33 Å². The molecule has 0 saturated carbocycles. The Kier molecular flexibility index (Phi) is 10.6. The first-order valence-electron chi connectivity index (χ1n) is 15.6. The molecule has 4 aromatic heterocycles. The van der Waals surface area contributed by atoms with Crippen molar-refractivity contribution in [3.8, 4) is 0 Å². The van der Waals surface area contributed by atoms with E-state index in [4.69, 9.17) is 60.3 Å². The molecule has 10 atom stereocenters. The minimum atomic E-state index is -4.63. The van der Waals surface area contributed by atoms with Crippen LogP contribution in [0, 0.1) is 0 Å². The highest BCUT2D eigenvalue weighted by molar-refractivity contribution is 8.55. The summed E-state index contributed by atoms with van der Waals surface area (Å²) in [7, 11) is 0. The van der Waals surface area contributed by atoms with Gasteiger partial charge in [0.1, 0.15) is 36.0 Å². The number of alkyl halides is 1. The number of nitrogens with one attached hydrogen (secondary N) is 1. The van der Waals surface area contributed by atoms with E-state index < -0.39 is 99.6 Å². The first-order chi connectivity index (χ1) is 25.1. The molecule has 288 valence electrons. The molecule has 3 saturated heterocycles. The number of hydrogen-bond donors (Lipinski definition) is 5. The van der Waals surface area contributed by atoms with Crippen LogP contribution in [0.1, 0.15) is 26.3 Å². The summed E-state index contributed by atoms with van der Waals surface area (Å²) in [5.41, 5.74) is 11.5. The largest absolute Gasteiger partial charge is 0.509 e. The van der Waals surface area contributed by atoms with Crippen molar-refractivity contribution in [2.75, 3.05) is 30.6 Å². The van der Waals surface area contributed by atoms with Crippen LogP contribution < -0.4 is 17.0 Å². The molecule has 7 N–H and O–H groups in total. The molecule has 0 radical (unpaired) electrons. The van der Waals surface area contributed by atoms with Gasteiger partial charge in [0.15, 0.2) is 41.4 Å². The number of aliphatic hydroxyl groups excluding tert-OH is 1. The monoisotopic (exact) mass is 823 g/mol. The van der Waals surface area contributed by atoms with E-state index >= 15 is 4.39 Å². The molecule has 0 aromatic carbocycles. The summed E-state index contributed by atoms with van der Waals surface area (Å²) >= 11 is 5.60.